The number of benzene rings is 8. The predicted molar refractivity (Wildman–Crippen MR) is 272 cm³/mol. The summed E-state index contributed by atoms with van der Waals surface area (Å²) < 4.78 is 3.26. The number of phenolic OH excluding ortho intramolecular Hbond substituents is 4. The number of rotatable bonds is 5. The molecule has 0 unspecified atom stereocenters. The summed E-state index contributed by atoms with van der Waals surface area (Å²) in [7, 11) is 67.3. The summed E-state index contributed by atoms with van der Waals surface area (Å²) in [5.74, 6) is -2.19. The molecule has 6 nitrogen and oxygen atoms in total. The molecule has 8 aromatic carbocycles. The van der Waals surface area contributed by atoms with Crippen LogP contribution in [0.15, 0.2) is 109 Å². The van der Waals surface area contributed by atoms with E-state index in [1.807, 2.05) is 84.9 Å². The average molecular weight is 799 g/mol. The van der Waals surface area contributed by atoms with Crippen molar-refractivity contribution >= 4 is 177 Å². The number of aromatic hydroxyl groups is 4. The maximum Gasteiger partial charge on any atom is 0.137 e. The van der Waals surface area contributed by atoms with Crippen LogP contribution >= 0.6 is 0 Å². The van der Waals surface area contributed by atoms with Crippen LogP contribution in [-0.2, 0) is 0 Å². The van der Waals surface area contributed by atoms with Gasteiger partial charge in [0.2, 0.25) is 0 Å². The molecular formula is C48H22B10N2O4. The largest absolute Gasteiger partial charge is 0.509 e. The fourth-order valence-electron chi connectivity index (χ4n) is 9.16. The molecule has 0 amide bonds. The number of fused-ring (bicyclic) bond motifs is 6. The minimum atomic E-state index is -0.651. The van der Waals surface area contributed by atoms with Crippen LogP contribution in [-0.4, -0.2) is 108 Å². The van der Waals surface area contributed by atoms with E-state index >= 15 is 0 Å². The molecule has 20 radical (unpaired) electrons. The second kappa shape index (κ2) is 14.9. The fourth-order valence-corrected chi connectivity index (χ4v) is 9.16. The van der Waals surface area contributed by atoms with Gasteiger partial charge in [-0.05, 0) is 69.1 Å². The van der Waals surface area contributed by atoms with E-state index in [0.29, 0.717) is 11.4 Å². The fraction of sp³-hybridized carbons (Fsp3) is 0. The quantitative estimate of drug-likeness (QED) is 0.180. The van der Waals surface area contributed by atoms with Gasteiger partial charge >= 0.3 is 0 Å². The Kier molecular flexibility index (Phi) is 9.60. The summed E-state index contributed by atoms with van der Waals surface area (Å²) in [6.07, 6.45) is 0. The molecule has 0 atom stereocenters. The van der Waals surface area contributed by atoms with E-state index in [9.17, 15) is 20.4 Å². The number of hydrogen-bond acceptors (Lipinski definition) is 4. The Morgan fingerprint density at radius 3 is 1.28 bits per heavy atom. The van der Waals surface area contributed by atoms with Crippen LogP contribution in [0.2, 0.25) is 0 Å². The summed E-state index contributed by atoms with van der Waals surface area (Å²) in [4.78, 5) is 0. The van der Waals surface area contributed by atoms with Crippen LogP contribution in [0.5, 0.6) is 23.0 Å². The normalized spacial score (nSPS) is 11.7. The summed E-state index contributed by atoms with van der Waals surface area (Å²) >= 11 is 0. The smallest absolute Gasteiger partial charge is 0.137 e. The van der Waals surface area contributed by atoms with Gasteiger partial charge < -0.3 is 29.6 Å². The van der Waals surface area contributed by atoms with E-state index in [2.05, 4.69) is 0 Å². The van der Waals surface area contributed by atoms with E-state index in [0.717, 1.165) is 22.3 Å². The van der Waals surface area contributed by atoms with Crippen molar-refractivity contribution in [3.63, 3.8) is 0 Å². The van der Waals surface area contributed by atoms with Crippen LogP contribution < -0.4 is 54.6 Å². The Balaban J connectivity index is 1.38. The Hall–Kier alpha value is -6.79. The van der Waals surface area contributed by atoms with Gasteiger partial charge in [0.05, 0.1) is 22.1 Å². The van der Waals surface area contributed by atoms with Gasteiger partial charge in [-0.3, -0.25) is 0 Å². The Labute approximate surface area is 381 Å². The summed E-state index contributed by atoms with van der Waals surface area (Å²) in [5, 5.41) is 48.6. The van der Waals surface area contributed by atoms with Crippen LogP contribution in [0, 0.1) is 0 Å². The highest BCUT2D eigenvalue weighted by Crippen LogP contribution is 2.46. The molecular weight excluding hydrogens is 777 g/mol. The molecule has 2 aromatic heterocycles. The highest BCUT2D eigenvalue weighted by molar-refractivity contribution is 6.65. The molecule has 4 N–H and O–H groups in total. The molecule has 0 aliphatic carbocycles. The monoisotopic (exact) mass is 800 g/mol. The third-order valence-corrected chi connectivity index (χ3v) is 12.2. The van der Waals surface area contributed by atoms with Crippen LogP contribution in [0.25, 0.3) is 88.4 Å². The third kappa shape index (κ3) is 5.67. The summed E-state index contributed by atoms with van der Waals surface area (Å²) in [6.45, 7) is 0. The first-order valence-electron chi connectivity index (χ1n) is 19.8. The third-order valence-electron chi connectivity index (χ3n) is 12.2. The number of para-hydroxylation sites is 1. The lowest BCUT2D eigenvalue weighted by Gasteiger charge is -2.22. The van der Waals surface area contributed by atoms with Gasteiger partial charge in [-0.2, -0.15) is 0 Å². The second-order valence-corrected chi connectivity index (χ2v) is 15.7. The van der Waals surface area contributed by atoms with Gasteiger partial charge in [0.15, 0.2) is 0 Å². The molecule has 0 spiro atoms. The zero-order valence-corrected chi connectivity index (χ0v) is 33.8. The zero-order valence-electron chi connectivity index (χ0n) is 33.8. The van der Waals surface area contributed by atoms with Crippen molar-refractivity contribution < 1.29 is 20.4 Å². The summed E-state index contributed by atoms with van der Waals surface area (Å²) in [5.41, 5.74) is 3.01. The first-order chi connectivity index (χ1) is 30.6. The summed E-state index contributed by atoms with van der Waals surface area (Å²) in [6, 6.07) is 34.1. The van der Waals surface area contributed by atoms with Crippen LogP contribution in [0.4, 0.5) is 0 Å². The maximum atomic E-state index is 12.8. The molecule has 64 heavy (non-hydrogen) atoms. The Morgan fingerprint density at radius 1 is 0.281 bits per heavy atom. The van der Waals surface area contributed by atoms with Crippen molar-refractivity contribution in [1.29, 1.82) is 0 Å². The van der Waals surface area contributed by atoms with Gasteiger partial charge in [0.25, 0.3) is 0 Å². The van der Waals surface area contributed by atoms with Crippen LogP contribution in [0.3, 0.4) is 0 Å². The molecule has 2 heterocycles. The van der Waals surface area contributed by atoms with E-state index in [4.69, 9.17) is 78.5 Å². The van der Waals surface area contributed by atoms with Gasteiger partial charge in [-0.25, -0.2) is 0 Å². The molecule has 0 aliphatic heterocycles. The number of hydrogen-bond donors (Lipinski definition) is 4. The molecule has 0 fully saturated rings. The Bertz CT molecular complexity index is 3590. The average Bonchev–Trinajstić information content (AvgIpc) is 3.88. The van der Waals surface area contributed by atoms with Gasteiger partial charge in [-0.1, -0.05) is 117 Å². The van der Waals surface area contributed by atoms with E-state index in [1.54, 1.807) is 33.4 Å². The van der Waals surface area contributed by atoms with Crippen molar-refractivity contribution in [2.24, 2.45) is 0 Å². The van der Waals surface area contributed by atoms with Gasteiger partial charge in [0, 0.05) is 38.4 Å². The van der Waals surface area contributed by atoms with Crippen molar-refractivity contribution in [3.8, 4) is 67.8 Å². The van der Waals surface area contributed by atoms with Gasteiger partial charge in [-0.15, -0.1) is 5.46 Å². The maximum absolute atomic E-state index is 12.8. The van der Waals surface area contributed by atoms with Gasteiger partial charge in [0.1, 0.15) is 101 Å². The molecule has 0 saturated carbocycles. The SMILES string of the molecule is [B]c1c(O)c([B])c2c(c1[B])c1c(O)c(-c3c([B])c([B])c4c(c3[B])c3c(O)c([B])c([B])c([B])c3n4-c3ccccc3)c(O)c([B])c1n2-c1cc(-c2ccccc2)cc(-c2ccccc2)c1. The lowest BCUT2D eigenvalue weighted by Crippen LogP contribution is -2.40. The topological polar surface area (TPSA) is 90.8 Å². The molecule has 0 saturated heterocycles. The number of phenols is 4. The molecule has 0 aliphatic rings. The standard InChI is InChI=1S/C48H22B10N2O4/c49-31-25(32(50)35(53)41-26(31)29-43(36(54)34(52)38(56)46(29)62)59(41)23-14-8-3-9-15-23)30-45(61)28-27-33(51)37(55)48(64)40(58)42(27)60(44(28)39(57)47(30)63)24-17-21(19-10-4-1-5-11-19)16-22(18-24)20-12-6-2-7-13-20/h1-18,61-64H. The van der Waals surface area contributed by atoms with Crippen LogP contribution in [0.1, 0.15) is 0 Å². The molecule has 16 heteroatoms. The highest BCUT2D eigenvalue weighted by atomic mass is 16.3. The molecule has 10 rings (SSSR count). The zero-order chi connectivity index (χ0) is 45.2. The van der Waals surface area contributed by atoms with Crippen molar-refractivity contribution in [3.05, 3.63) is 109 Å². The number of aromatic nitrogens is 2. The van der Waals surface area contributed by atoms with Crippen molar-refractivity contribution in [2.75, 3.05) is 0 Å². The van der Waals surface area contributed by atoms with E-state index in [-0.39, 0.29) is 109 Å². The second-order valence-electron chi connectivity index (χ2n) is 15.7. The molecule has 10 aromatic rings. The molecule has 0 bridgehead atoms. The van der Waals surface area contributed by atoms with Crippen molar-refractivity contribution in [2.45, 2.75) is 0 Å². The lowest BCUT2D eigenvalue weighted by atomic mass is 9.67. The minimum absolute atomic E-state index is 0.0177. The highest BCUT2D eigenvalue weighted by Gasteiger charge is 2.31. The lowest BCUT2D eigenvalue weighted by molar-refractivity contribution is 0.461. The number of nitrogens with zero attached hydrogens (tertiary/aromatic N) is 2. The minimum Gasteiger partial charge on any atom is -0.509 e. The molecule has 278 valence electrons. The van der Waals surface area contributed by atoms with Crippen molar-refractivity contribution in [1.82, 2.24) is 9.13 Å². The first-order valence-corrected chi connectivity index (χ1v) is 19.8. The van der Waals surface area contributed by atoms with E-state index in [1.165, 1.54) is 0 Å². The first kappa shape index (κ1) is 41.2. The van der Waals surface area contributed by atoms with E-state index < -0.39 is 23.0 Å². The predicted octanol–water partition coefficient (Wildman–Crippen LogP) is -0.358. The Morgan fingerprint density at radius 2 is 0.703 bits per heavy atom.